The Balaban J connectivity index is 2.29. The van der Waals surface area contributed by atoms with Crippen molar-refractivity contribution in [3.63, 3.8) is 0 Å². The molecule has 0 aromatic heterocycles. The summed E-state index contributed by atoms with van der Waals surface area (Å²) in [6, 6.07) is 14.4. The molecule has 6 nitrogen and oxygen atoms in total. The molecule has 2 aromatic rings. The Morgan fingerprint density at radius 1 is 0.864 bits per heavy atom. The van der Waals surface area contributed by atoms with Crippen LogP contribution in [0.5, 0.6) is 0 Å². The van der Waals surface area contributed by atoms with Gasteiger partial charge in [0.2, 0.25) is 10.0 Å². The first-order valence-corrected chi connectivity index (χ1v) is 9.25. The predicted molar refractivity (Wildman–Crippen MR) is 85.8 cm³/mol. The smallest absolute Gasteiger partial charge is 0.255 e. The third-order valence-corrected chi connectivity index (χ3v) is 4.65. The molecule has 0 aliphatic rings. The molecular weight excluding hydrogens is 324 g/mol. The van der Waals surface area contributed by atoms with Crippen LogP contribution in [0.15, 0.2) is 64.9 Å². The first kappa shape index (κ1) is 16.2. The number of primary sulfonamides is 1. The highest BCUT2D eigenvalue weighted by atomic mass is 32.2. The minimum Gasteiger partial charge on any atom is -0.279 e. The lowest BCUT2D eigenvalue weighted by atomic mass is 10.2. The van der Waals surface area contributed by atoms with Gasteiger partial charge in [-0.25, -0.2) is 22.0 Å². The predicted octanol–water partition coefficient (Wildman–Crippen LogP) is 1.75. The first-order valence-electron chi connectivity index (χ1n) is 6.16. The van der Waals surface area contributed by atoms with Crippen molar-refractivity contribution in [2.45, 2.75) is 4.90 Å². The molecule has 0 fully saturated rings. The Labute approximate surface area is 129 Å². The molecule has 2 rings (SSSR count). The SMILES string of the molecule is NS(=O)(=O)c1ccccc1NS(=O)(=O)/C=C/c1ccccc1. The first-order chi connectivity index (χ1) is 10.3. The van der Waals surface area contributed by atoms with Crippen LogP contribution in [0.25, 0.3) is 6.08 Å². The van der Waals surface area contributed by atoms with E-state index in [1.54, 1.807) is 24.3 Å². The summed E-state index contributed by atoms with van der Waals surface area (Å²) in [5.41, 5.74) is 0.607. The molecule has 22 heavy (non-hydrogen) atoms. The van der Waals surface area contributed by atoms with Gasteiger partial charge in [-0.3, -0.25) is 4.72 Å². The van der Waals surface area contributed by atoms with Gasteiger partial charge < -0.3 is 0 Å². The molecular formula is C14H14N2O4S2. The number of para-hydroxylation sites is 1. The van der Waals surface area contributed by atoms with Crippen molar-refractivity contribution < 1.29 is 16.8 Å². The number of nitrogens with one attached hydrogen (secondary N) is 1. The third kappa shape index (κ3) is 4.42. The lowest BCUT2D eigenvalue weighted by Gasteiger charge is -2.08. The maximum atomic E-state index is 12.0. The maximum Gasteiger partial charge on any atom is 0.255 e. The summed E-state index contributed by atoms with van der Waals surface area (Å²) in [6.07, 6.45) is 1.40. The van der Waals surface area contributed by atoms with E-state index < -0.39 is 20.0 Å². The van der Waals surface area contributed by atoms with Crippen molar-refractivity contribution >= 4 is 31.8 Å². The topological polar surface area (TPSA) is 106 Å². The molecule has 0 atom stereocenters. The lowest BCUT2D eigenvalue weighted by Crippen LogP contribution is -2.17. The molecule has 0 saturated heterocycles. The van der Waals surface area contributed by atoms with Gasteiger partial charge in [-0.15, -0.1) is 0 Å². The van der Waals surface area contributed by atoms with Crippen molar-refractivity contribution in [3.05, 3.63) is 65.6 Å². The van der Waals surface area contributed by atoms with Gasteiger partial charge in [0.05, 0.1) is 11.1 Å². The van der Waals surface area contributed by atoms with E-state index in [2.05, 4.69) is 4.72 Å². The molecule has 0 radical (unpaired) electrons. The van der Waals surface area contributed by atoms with Crippen LogP contribution in [0.2, 0.25) is 0 Å². The number of hydrogen-bond donors (Lipinski definition) is 2. The fourth-order valence-corrected chi connectivity index (χ4v) is 3.37. The van der Waals surface area contributed by atoms with Crippen LogP contribution < -0.4 is 9.86 Å². The average Bonchev–Trinajstić information content (AvgIpc) is 2.45. The molecule has 116 valence electrons. The molecule has 0 heterocycles. The fraction of sp³-hybridized carbons (Fsp3) is 0. The molecule has 0 bridgehead atoms. The Hall–Kier alpha value is -2.16. The second-order valence-corrected chi connectivity index (χ2v) is 7.50. The van der Waals surface area contributed by atoms with Gasteiger partial charge in [0.15, 0.2) is 0 Å². The molecule has 0 aliphatic heterocycles. The summed E-state index contributed by atoms with van der Waals surface area (Å²) in [5, 5.41) is 6.02. The quantitative estimate of drug-likeness (QED) is 0.866. The zero-order valence-corrected chi connectivity index (χ0v) is 13.0. The molecule has 0 saturated carbocycles. The van der Waals surface area contributed by atoms with E-state index in [1.807, 2.05) is 6.07 Å². The number of hydrogen-bond acceptors (Lipinski definition) is 4. The number of nitrogens with two attached hydrogens (primary N) is 1. The number of anilines is 1. The van der Waals surface area contributed by atoms with E-state index >= 15 is 0 Å². The standard InChI is InChI=1S/C14H14N2O4S2/c15-22(19,20)14-9-5-4-8-13(14)16-21(17,18)11-10-12-6-2-1-3-7-12/h1-11,16H,(H2,15,19,20)/b11-10+. The summed E-state index contributed by atoms with van der Waals surface area (Å²) in [5.74, 6) is 0. The van der Waals surface area contributed by atoms with Crippen LogP contribution in [0.3, 0.4) is 0 Å². The van der Waals surface area contributed by atoms with Crippen molar-refractivity contribution in [1.29, 1.82) is 0 Å². The Kier molecular flexibility index (Phi) is 4.65. The Morgan fingerprint density at radius 3 is 2.09 bits per heavy atom. The fourth-order valence-electron chi connectivity index (χ4n) is 1.72. The lowest BCUT2D eigenvalue weighted by molar-refractivity contribution is 0.598. The second kappa shape index (κ2) is 6.30. The summed E-state index contributed by atoms with van der Waals surface area (Å²) in [6.45, 7) is 0. The third-order valence-electron chi connectivity index (χ3n) is 2.69. The van der Waals surface area contributed by atoms with Crippen LogP contribution in [0.1, 0.15) is 5.56 Å². The highest BCUT2D eigenvalue weighted by molar-refractivity contribution is 7.95. The highest BCUT2D eigenvalue weighted by Crippen LogP contribution is 2.21. The second-order valence-electron chi connectivity index (χ2n) is 4.40. The van der Waals surface area contributed by atoms with Crippen LogP contribution in [-0.2, 0) is 20.0 Å². The Bertz CT molecular complexity index is 889. The molecule has 0 amide bonds. The van der Waals surface area contributed by atoms with E-state index in [4.69, 9.17) is 5.14 Å². The molecule has 0 aliphatic carbocycles. The van der Waals surface area contributed by atoms with Crippen molar-refractivity contribution in [3.8, 4) is 0 Å². The van der Waals surface area contributed by atoms with Crippen LogP contribution in [0.4, 0.5) is 5.69 Å². The van der Waals surface area contributed by atoms with E-state index in [9.17, 15) is 16.8 Å². The average molecular weight is 338 g/mol. The monoisotopic (exact) mass is 338 g/mol. The van der Waals surface area contributed by atoms with Gasteiger partial charge >= 0.3 is 0 Å². The molecule has 0 unspecified atom stereocenters. The number of benzene rings is 2. The molecule has 3 N–H and O–H groups in total. The summed E-state index contributed by atoms with van der Waals surface area (Å²) in [7, 11) is -7.89. The van der Waals surface area contributed by atoms with Gasteiger partial charge in [0.25, 0.3) is 10.0 Å². The van der Waals surface area contributed by atoms with E-state index in [-0.39, 0.29) is 10.6 Å². The normalized spacial score (nSPS) is 12.4. The molecule has 0 spiro atoms. The van der Waals surface area contributed by atoms with E-state index in [1.165, 1.54) is 30.3 Å². The zero-order chi connectivity index (χ0) is 16.2. The van der Waals surface area contributed by atoms with Gasteiger partial charge in [-0.1, -0.05) is 42.5 Å². The van der Waals surface area contributed by atoms with Crippen molar-refractivity contribution in [1.82, 2.24) is 0 Å². The summed E-state index contributed by atoms with van der Waals surface area (Å²) < 4.78 is 49.1. The van der Waals surface area contributed by atoms with Gasteiger partial charge in [0.1, 0.15) is 4.90 Å². The molecule has 8 heteroatoms. The maximum absolute atomic E-state index is 12.0. The number of rotatable bonds is 5. The van der Waals surface area contributed by atoms with Gasteiger partial charge in [0, 0.05) is 0 Å². The van der Waals surface area contributed by atoms with Crippen LogP contribution in [0, 0.1) is 0 Å². The summed E-state index contributed by atoms with van der Waals surface area (Å²) >= 11 is 0. The van der Waals surface area contributed by atoms with E-state index in [0.717, 1.165) is 5.41 Å². The van der Waals surface area contributed by atoms with Crippen LogP contribution >= 0.6 is 0 Å². The minimum absolute atomic E-state index is 0.0947. The van der Waals surface area contributed by atoms with Crippen LogP contribution in [-0.4, -0.2) is 16.8 Å². The summed E-state index contributed by atoms with van der Waals surface area (Å²) in [4.78, 5) is -0.285. The van der Waals surface area contributed by atoms with Gasteiger partial charge in [-0.2, -0.15) is 0 Å². The zero-order valence-electron chi connectivity index (χ0n) is 11.4. The molecule has 2 aromatic carbocycles. The van der Waals surface area contributed by atoms with Crippen molar-refractivity contribution in [2.24, 2.45) is 5.14 Å². The number of sulfonamides is 2. The highest BCUT2D eigenvalue weighted by Gasteiger charge is 2.16. The largest absolute Gasteiger partial charge is 0.279 e. The minimum atomic E-state index is -4.02. The Morgan fingerprint density at radius 2 is 1.45 bits per heavy atom. The van der Waals surface area contributed by atoms with Gasteiger partial charge in [-0.05, 0) is 23.8 Å². The van der Waals surface area contributed by atoms with E-state index in [0.29, 0.717) is 5.56 Å². The van der Waals surface area contributed by atoms with Crippen molar-refractivity contribution in [2.75, 3.05) is 4.72 Å².